The Morgan fingerprint density at radius 3 is 2.17 bits per heavy atom. The fourth-order valence-electron chi connectivity index (χ4n) is 5.31. The highest BCUT2D eigenvalue weighted by Crippen LogP contribution is 2.43. The summed E-state index contributed by atoms with van der Waals surface area (Å²) in [5.41, 5.74) is 7.57. The summed E-state index contributed by atoms with van der Waals surface area (Å²) < 4.78 is 17.1. The minimum Gasteiger partial charge on any atom is -0.497 e. The number of allylic oxidation sites excluding steroid dienone is 1. The van der Waals surface area contributed by atoms with Gasteiger partial charge in [0.2, 0.25) is 0 Å². The molecular formula is C31H35NO3. The van der Waals surface area contributed by atoms with Crippen LogP contribution in [-0.2, 0) is 6.42 Å². The van der Waals surface area contributed by atoms with Gasteiger partial charge in [0.05, 0.1) is 14.2 Å². The number of benzene rings is 3. The summed E-state index contributed by atoms with van der Waals surface area (Å²) in [5, 5.41) is 0. The highest BCUT2D eigenvalue weighted by molar-refractivity contribution is 6.03. The Balaban J connectivity index is 1.40. The molecule has 3 aromatic rings. The van der Waals surface area contributed by atoms with Gasteiger partial charge in [-0.1, -0.05) is 37.3 Å². The molecule has 0 radical (unpaired) electrons. The lowest BCUT2D eigenvalue weighted by molar-refractivity contribution is 0.169. The zero-order chi connectivity index (χ0) is 24.4. The number of fused-ring (bicyclic) bond motifs is 1. The molecule has 182 valence electrons. The molecule has 0 N–H and O–H groups in total. The van der Waals surface area contributed by atoms with E-state index in [1.165, 1.54) is 52.9 Å². The second-order valence-electron chi connectivity index (χ2n) is 9.86. The number of methoxy groups -OCH3 is 2. The molecule has 1 aliphatic carbocycles. The number of likely N-dealkylation sites (tertiary alicyclic amines) is 1. The fraction of sp³-hybridized carbons (Fsp3) is 0.355. The van der Waals surface area contributed by atoms with Gasteiger partial charge in [-0.25, -0.2) is 0 Å². The van der Waals surface area contributed by atoms with Gasteiger partial charge in [-0.05, 0) is 102 Å². The van der Waals surface area contributed by atoms with Crippen LogP contribution in [0.2, 0.25) is 0 Å². The van der Waals surface area contributed by atoms with Crippen LogP contribution in [0.25, 0.3) is 11.1 Å². The van der Waals surface area contributed by atoms with E-state index >= 15 is 0 Å². The summed E-state index contributed by atoms with van der Waals surface area (Å²) in [5.74, 6) is 3.48. The lowest BCUT2D eigenvalue weighted by Crippen LogP contribution is -2.35. The number of hydrogen-bond donors (Lipinski definition) is 0. The molecule has 1 heterocycles. The van der Waals surface area contributed by atoms with E-state index in [0.29, 0.717) is 12.6 Å². The van der Waals surface area contributed by atoms with Gasteiger partial charge in [-0.15, -0.1) is 0 Å². The third kappa shape index (κ3) is 4.94. The zero-order valence-electron chi connectivity index (χ0n) is 21.2. The fourth-order valence-corrected chi connectivity index (χ4v) is 5.31. The molecule has 0 bridgehead atoms. The molecule has 3 aromatic carbocycles. The molecule has 4 heteroatoms. The maximum atomic E-state index is 6.18. The number of rotatable bonds is 8. The van der Waals surface area contributed by atoms with Crippen LogP contribution in [-0.4, -0.2) is 44.9 Å². The first-order valence-electron chi connectivity index (χ1n) is 12.6. The first kappa shape index (κ1) is 23.5. The predicted octanol–water partition coefficient (Wildman–Crippen LogP) is 6.33. The first-order chi connectivity index (χ1) is 17.1. The van der Waals surface area contributed by atoms with Crippen LogP contribution in [0.1, 0.15) is 42.5 Å². The Bertz CT molecular complexity index is 1200. The van der Waals surface area contributed by atoms with Crippen molar-refractivity contribution in [2.24, 2.45) is 5.92 Å². The average Bonchev–Trinajstić information content (AvgIpc) is 3.51. The highest BCUT2D eigenvalue weighted by atomic mass is 16.5. The van der Waals surface area contributed by atoms with Crippen molar-refractivity contribution in [1.82, 2.24) is 4.90 Å². The largest absolute Gasteiger partial charge is 0.497 e. The van der Waals surface area contributed by atoms with Gasteiger partial charge in [-0.3, -0.25) is 4.90 Å². The van der Waals surface area contributed by atoms with Crippen molar-refractivity contribution in [2.45, 2.75) is 32.7 Å². The summed E-state index contributed by atoms with van der Waals surface area (Å²) >= 11 is 0. The summed E-state index contributed by atoms with van der Waals surface area (Å²) in [6.45, 7) is 7.67. The van der Waals surface area contributed by atoms with Crippen LogP contribution in [0.3, 0.4) is 0 Å². The zero-order valence-corrected chi connectivity index (χ0v) is 21.2. The second kappa shape index (κ2) is 10.2. The summed E-state index contributed by atoms with van der Waals surface area (Å²) in [7, 11) is 3.42. The van der Waals surface area contributed by atoms with E-state index in [-0.39, 0.29) is 0 Å². The number of hydrogen-bond acceptors (Lipinski definition) is 4. The van der Waals surface area contributed by atoms with Crippen molar-refractivity contribution in [3.8, 4) is 17.2 Å². The van der Waals surface area contributed by atoms with Gasteiger partial charge in [0, 0.05) is 12.6 Å². The molecule has 2 unspecified atom stereocenters. The average molecular weight is 470 g/mol. The molecule has 35 heavy (non-hydrogen) atoms. The smallest absolute Gasteiger partial charge is 0.119 e. The SMILES string of the molecule is COc1ccc(C2=C(c3ccc(OCC(C)N4CCC(C)C4)cc3)c3ccc(OC)cc3C2)cc1. The molecule has 2 atom stereocenters. The molecule has 0 spiro atoms. The Hall–Kier alpha value is -3.24. The molecular weight excluding hydrogens is 434 g/mol. The summed E-state index contributed by atoms with van der Waals surface area (Å²) in [6, 6.07) is 23.8. The van der Waals surface area contributed by atoms with E-state index in [0.717, 1.165) is 29.6 Å². The van der Waals surface area contributed by atoms with Gasteiger partial charge in [-0.2, -0.15) is 0 Å². The van der Waals surface area contributed by atoms with E-state index in [4.69, 9.17) is 14.2 Å². The van der Waals surface area contributed by atoms with Gasteiger partial charge in [0.25, 0.3) is 0 Å². The summed E-state index contributed by atoms with van der Waals surface area (Å²) in [6.07, 6.45) is 2.16. The van der Waals surface area contributed by atoms with Gasteiger partial charge < -0.3 is 14.2 Å². The molecule has 4 nitrogen and oxygen atoms in total. The lowest BCUT2D eigenvalue weighted by atomic mass is 9.94. The minimum atomic E-state index is 0.431. The van der Waals surface area contributed by atoms with Crippen molar-refractivity contribution in [1.29, 1.82) is 0 Å². The molecule has 2 aliphatic rings. The number of ether oxygens (including phenoxy) is 3. The third-order valence-electron chi connectivity index (χ3n) is 7.40. The topological polar surface area (TPSA) is 30.9 Å². The number of nitrogens with zero attached hydrogens (tertiary/aromatic N) is 1. The molecule has 1 saturated heterocycles. The Morgan fingerprint density at radius 2 is 1.51 bits per heavy atom. The molecule has 1 aliphatic heterocycles. The molecule has 0 amide bonds. The molecule has 0 aromatic heterocycles. The molecule has 5 rings (SSSR count). The second-order valence-corrected chi connectivity index (χ2v) is 9.86. The van der Waals surface area contributed by atoms with Crippen molar-refractivity contribution in [3.05, 3.63) is 89.0 Å². The molecule has 0 saturated carbocycles. The first-order valence-corrected chi connectivity index (χ1v) is 12.6. The van der Waals surface area contributed by atoms with Crippen LogP contribution in [0, 0.1) is 5.92 Å². The monoisotopic (exact) mass is 469 g/mol. The van der Waals surface area contributed by atoms with Crippen LogP contribution < -0.4 is 14.2 Å². The van der Waals surface area contributed by atoms with Crippen molar-refractivity contribution >= 4 is 11.1 Å². The van der Waals surface area contributed by atoms with Crippen LogP contribution in [0.15, 0.2) is 66.7 Å². The van der Waals surface area contributed by atoms with E-state index < -0.39 is 0 Å². The van der Waals surface area contributed by atoms with E-state index in [2.05, 4.69) is 67.3 Å². The van der Waals surface area contributed by atoms with Crippen molar-refractivity contribution in [2.75, 3.05) is 33.9 Å². The van der Waals surface area contributed by atoms with E-state index in [9.17, 15) is 0 Å². The minimum absolute atomic E-state index is 0.431. The standard InChI is InChI=1S/C31H35NO3/c1-21-15-16-32(19-21)22(2)20-35-27-11-7-24(8-12-27)31-29-14-13-28(34-4)17-25(29)18-30(31)23-5-9-26(33-3)10-6-23/h5-14,17,21-22H,15-16,18-20H2,1-4H3. The predicted molar refractivity (Wildman–Crippen MR) is 142 cm³/mol. The normalized spacial score (nSPS) is 18.5. The van der Waals surface area contributed by atoms with Gasteiger partial charge in [0.15, 0.2) is 0 Å². The van der Waals surface area contributed by atoms with Gasteiger partial charge >= 0.3 is 0 Å². The Labute approximate surface area is 209 Å². The maximum absolute atomic E-state index is 6.18. The van der Waals surface area contributed by atoms with Crippen LogP contribution in [0.4, 0.5) is 0 Å². The lowest BCUT2D eigenvalue weighted by Gasteiger charge is -2.24. The Kier molecular flexibility index (Phi) is 6.83. The Morgan fingerprint density at radius 1 is 0.857 bits per heavy atom. The third-order valence-corrected chi connectivity index (χ3v) is 7.40. The molecule has 1 fully saturated rings. The van der Waals surface area contributed by atoms with Gasteiger partial charge in [0.1, 0.15) is 23.9 Å². The maximum Gasteiger partial charge on any atom is 0.119 e. The van der Waals surface area contributed by atoms with E-state index in [1.54, 1.807) is 14.2 Å². The van der Waals surface area contributed by atoms with Crippen molar-refractivity contribution < 1.29 is 14.2 Å². The van der Waals surface area contributed by atoms with Crippen molar-refractivity contribution in [3.63, 3.8) is 0 Å². The van der Waals surface area contributed by atoms with Crippen LogP contribution >= 0.6 is 0 Å². The quantitative estimate of drug-likeness (QED) is 0.386. The summed E-state index contributed by atoms with van der Waals surface area (Å²) in [4.78, 5) is 2.54. The highest BCUT2D eigenvalue weighted by Gasteiger charge is 2.25. The van der Waals surface area contributed by atoms with E-state index in [1.807, 2.05) is 18.2 Å². The van der Waals surface area contributed by atoms with Crippen LogP contribution in [0.5, 0.6) is 17.2 Å².